The highest BCUT2D eigenvalue weighted by molar-refractivity contribution is 6.06. The maximum atomic E-state index is 12.3. The van der Waals surface area contributed by atoms with Crippen LogP contribution in [0.4, 0.5) is 0 Å². The fourth-order valence-electron chi connectivity index (χ4n) is 1.67. The number of amides is 1. The molecule has 7 nitrogen and oxygen atoms in total. The number of morpholine rings is 1. The molecule has 1 amide bonds. The van der Waals surface area contributed by atoms with Gasteiger partial charge < -0.3 is 25.7 Å². The molecule has 17 heavy (non-hydrogen) atoms. The van der Waals surface area contributed by atoms with E-state index in [-0.39, 0.29) is 24.4 Å². The summed E-state index contributed by atoms with van der Waals surface area (Å²) in [4.78, 5) is 13.8. The average molecular weight is 245 g/mol. The summed E-state index contributed by atoms with van der Waals surface area (Å²) in [5, 5.41) is 20.7. The number of hydrogen-bond acceptors (Lipinski definition) is 5. The van der Waals surface area contributed by atoms with Crippen LogP contribution < -0.4 is 5.73 Å². The van der Waals surface area contributed by atoms with Crippen molar-refractivity contribution in [3.05, 3.63) is 0 Å². The van der Waals surface area contributed by atoms with Gasteiger partial charge in [-0.1, -0.05) is 5.16 Å². The first kappa shape index (κ1) is 13.7. The van der Waals surface area contributed by atoms with Gasteiger partial charge in [-0.3, -0.25) is 4.79 Å². The van der Waals surface area contributed by atoms with Crippen molar-refractivity contribution in [2.45, 2.75) is 19.9 Å². The van der Waals surface area contributed by atoms with Crippen molar-refractivity contribution in [3.8, 4) is 0 Å². The molecule has 0 aromatic heterocycles. The number of aliphatic hydroxyl groups excluding tert-OH is 1. The maximum Gasteiger partial charge on any atom is 0.236 e. The molecule has 98 valence electrons. The van der Waals surface area contributed by atoms with E-state index >= 15 is 0 Å². The van der Waals surface area contributed by atoms with Crippen molar-refractivity contribution in [1.82, 2.24) is 4.90 Å². The van der Waals surface area contributed by atoms with Gasteiger partial charge in [0.25, 0.3) is 0 Å². The summed E-state index contributed by atoms with van der Waals surface area (Å²) in [5.41, 5.74) is 4.41. The fourth-order valence-corrected chi connectivity index (χ4v) is 1.67. The van der Waals surface area contributed by atoms with Gasteiger partial charge in [-0.2, -0.15) is 0 Å². The van der Waals surface area contributed by atoms with Gasteiger partial charge in [-0.05, 0) is 13.8 Å². The first-order valence-electron chi connectivity index (χ1n) is 5.42. The van der Waals surface area contributed by atoms with E-state index in [1.165, 1.54) is 4.90 Å². The highest BCUT2D eigenvalue weighted by Crippen LogP contribution is 2.22. The second-order valence-electron chi connectivity index (χ2n) is 4.52. The maximum absolute atomic E-state index is 12.3. The van der Waals surface area contributed by atoms with E-state index in [9.17, 15) is 9.90 Å². The normalized spacial score (nSPS) is 22.6. The molecule has 1 heterocycles. The largest absolute Gasteiger partial charge is 0.409 e. The molecule has 0 bridgehead atoms. The van der Waals surface area contributed by atoms with Crippen LogP contribution in [-0.4, -0.2) is 59.4 Å². The van der Waals surface area contributed by atoms with Gasteiger partial charge in [-0.25, -0.2) is 0 Å². The van der Waals surface area contributed by atoms with E-state index < -0.39 is 5.41 Å². The molecule has 1 aliphatic heterocycles. The standard InChI is InChI=1S/C10H19N3O4/c1-10(2,8(11)12-16)9(15)13-3-4-17-6-7(13)5-14/h7,14,16H,3-6H2,1-2H3,(H2,11,12). The number of carbonyl (C=O) groups excluding carboxylic acids is 1. The van der Waals surface area contributed by atoms with E-state index in [2.05, 4.69) is 5.16 Å². The topological polar surface area (TPSA) is 108 Å². The molecule has 1 rings (SSSR count). The SMILES string of the molecule is CC(C)(C(=O)N1CCOCC1CO)C(N)=NO. The molecule has 0 spiro atoms. The Morgan fingerprint density at radius 3 is 2.82 bits per heavy atom. The summed E-state index contributed by atoms with van der Waals surface area (Å²) in [6.07, 6.45) is 0. The Hall–Kier alpha value is -1.34. The smallest absolute Gasteiger partial charge is 0.236 e. The number of amidine groups is 1. The Morgan fingerprint density at radius 1 is 1.65 bits per heavy atom. The monoisotopic (exact) mass is 245 g/mol. The Morgan fingerprint density at radius 2 is 2.29 bits per heavy atom. The summed E-state index contributed by atoms with van der Waals surface area (Å²) < 4.78 is 5.19. The predicted octanol–water partition coefficient (Wildman–Crippen LogP) is -1.02. The number of rotatable bonds is 3. The molecule has 1 fully saturated rings. The third-order valence-electron chi connectivity index (χ3n) is 2.98. The zero-order chi connectivity index (χ0) is 13.1. The van der Waals surface area contributed by atoms with Crippen LogP contribution in [0, 0.1) is 5.41 Å². The van der Waals surface area contributed by atoms with Gasteiger partial charge in [-0.15, -0.1) is 0 Å². The van der Waals surface area contributed by atoms with Crippen molar-refractivity contribution < 1.29 is 19.8 Å². The van der Waals surface area contributed by atoms with Gasteiger partial charge in [0.1, 0.15) is 5.41 Å². The van der Waals surface area contributed by atoms with E-state index in [1.54, 1.807) is 13.8 Å². The molecular weight excluding hydrogens is 226 g/mol. The summed E-state index contributed by atoms with van der Waals surface area (Å²) in [6.45, 7) is 4.11. The molecule has 0 saturated carbocycles. The number of oxime groups is 1. The zero-order valence-corrected chi connectivity index (χ0v) is 10.1. The van der Waals surface area contributed by atoms with Gasteiger partial charge in [0.15, 0.2) is 5.84 Å². The van der Waals surface area contributed by atoms with Gasteiger partial charge >= 0.3 is 0 Å². The van der Waals surface area contributed by atoms with Crippen molar-refractivity contribution in [1.29, 1.82) is 0 Å². The first-order chi connectivity index (χ1) is 7.95. The highest BCUT2D eigenvalue weighted by Gasteiger charge is 2.39. The van der Waals surface area contributed by atoms with E-state index in [0.717, 1.165) is 0 Å². The molecule has 1 aliphatic rings. The number of ether oxygens (including phenoxy) is 1. The van der Waals surface area contributed by atoms with Crippen molar-refractivity contribution in [2.75, 3.05) is 26.4 Å². The van der Waals surface area contributed by atoms with Crippen LogP contribution in [0.3, 0.4) is 0 Å². The van der Waals surface area contributed by atoms with Crippen LogP contribution in [0.2, 0.25) is 0 Å². The quantitative estimate of drug-likeness (QED) is 0.255. The molecule has 0 radical (unpaired) electrons. The Bertz CT molecular complexity index is 317. The summed E-state index contributed by atoms with van der Waals surface area (Å²) in [6, 6.07) is -0.373. The average Bonchev–Trinajstić information content (AvgIpc) is 2.36. The number of carbonyl (C=O) groups is 1. The Labute approximate surface area is 99.8 Å². The second-order valence-corrected chi connectivity index (χ2v) is 4.52. The molecule has 0 aromatic rings. The third-order valence-corrected chi connectivity index (χ3v) is 2.98. The molecule has 1 saturated heterocycles. The van der Waals surface area contributed by atoms with E-state index in [0.29, 0.717) is 19.8 Å². The Kier molecular flexibility index (Phi) is 4.30. The minimum absolute atomic E-state index is 0.148. The van der Waals surface area contributed by atoms with Crippen molar-refractivity contribution in [2.24, 2.45) is 16.3 Å². The Balaban J connectivity index is 2.87. The molecule has 0 aromatic carbocycles. The summed E-state index contributed by atoms with van der Waals surface area (Å²) in [7, 11) is 0. The molecule has 0 aliphatic carbocycles. The highest BCUT2D eigenvalue weighted by atomic mass is 16.5. The molecule has 7 heteroatoms. The molecular formula is C10H19N3O4. The lowest BCUT2D eigenvalue weighted by molar-refractivity contribution is -0.147. The second kappa shape index (κ2) is 5.33. The lowest BCUT2D eigenvalue weighted by Crippen LogP contribution is -2.56. The van der Waals surface area contributed by atoms with Crippen LogP contribution in [0.1, 0.15) is 13.8 Å². The lowest BCUT2D eigenvalue weighted by atomic mass is 9.89. The van der Waals surface area contributed by atoms with Crippen LogP contribution >= 0.6 is 0 Å². The summed E-state index contributed by atoms with van der Waals surface area (Å²) >= 11 is 0. The predicted molar refractivity (Wildman–Crippen MR) is 60.6 cm³/mol. The van der Waals surface area contributed by atoms with Crippen LogP contribution in [0.25, 0.3) is 0 Å². The van der Waals surface area contributed by atoms with E-state index in [4.69, 9.17) is 15.7 Å². The number of aliphatic hydroxyl groups is 1. The van der Waals surface area contributed by atoms with Gasteiger partial charge in [0.2, 0.25) is 5.91 Å². The van der Waals surface area contributed by atoms with Gasteiger partial charge in [0, 0.05) is 6.54 Å². The minimum atomic E-state index is -1.10. The summed E-state index contributed by atoms with van der Waals surface area (Å²) in [5.74, 6) is -0.430. The molecule has 4 N–H and O–H groups in total. The molecule has 1 atom stereocenters. The first-order valence-corrected chi connectivity index (χ1v) is 5.42. The van der Waals surface area contributed by atoms with Crippen molar-refractivity contribution in [3.63, 3.8) is 0 Å². The minimum Gasteiger partial charge on any atom is -0.409 e. The number of nitrogens with two attached hydrogens (primary N) is 1. The lowest BCUT2D eigenvalue weighted by Gasteiger charge is -2.38. The van der Waals surface area contributed by atoms with Gasteiger partial charge in [0.05, 0.1) is 25.9 Å². The zero-order valence-electron chi connectivity index (χ0n) is 10.1. The van der Waals surface area contributed by atoms with Crippen LogP contribution in [0.15, 0.2) is 5.16 Å². The van der Waals surface area contributed by atoms with E-state index in [1.807, 2.05) is 0 Å². The fraction of sp³-hybridized carbons (Fsp3) is 0.800. The van der Waals surface area contributed by atoms with Crippen LogP contribution in [0.5, 0.6) is 0 Å². The molecule has 1 unspecified atom stereocenters. The number of nitrogens with zero attached hydrogens (tertiary/aromatic N) is 2. The van der Waals surface area contributed by atoms with Crippen molar-refractivity contribution >= 4 is 11.7 Å². The number of hydrogen-bond donors (Lipinski definition) is 3. The van der Waals surface area contributed by atoms with Crippen LogP contribution in [-0.2, 0) is 9.53 Å². The third kappa shape index (κ3) is 2.67.